The molecule has 2 aromatic carbocycles. The number of rotatable bonds is 8. The average molecular weight is 391 g/mol. The Labute approximate surface area is 171 Å². The Hall–Kier alpha value is -3.54. The second-order valence-electron chi connectivity index (χ2n) is 6.40. The second kappa shape index (κ2) is 9.59. The number of hydrogen-bond acceptors (Lipinski definition) is 5. The quantitative estimate of drug-likeness (QED) is 0.617. The Morgan fingerprint density at radius 1 is 0.966 bits per heavy atom. The number of nitrogens with zero attached hydrogens (tertiary/aromatic N) is 2. The molecule has 3 aromatic rings. The van der Waals surface area contributed by atoms with Crippen LogP contribution in [0.5, 0.6) is 11.5 Å². The zero-order chi connectivity index (χ0) is 20.6. The molecule has 0 bridgehead atoms. The molecule has 1 heterocycles. The van der Waals surface area contributed by atoms with Gasteiger partial charge in [-0.05, 0) is 36.8 Å². The molecule has 1 aromatic heterocycles. The summed E-state index contributed by atoms with van der Waals surface area (Å²) in [4.78, 5) is 19.5. The SMILES string of the molecule is CCN(Cc1ccccc1)c1ccc(NC(=O)c2c(OC)cccc2OC)cn1. The summed E-state index contributed by atoms with van der Waals surface area (Å²) in [7, 11) is 3.04. The summed E-state index contributed by atoms with van der Waals surface area (Å²) in [5.41, 5.74) is 2.17. The Morgan fingerprint density at radius 2 is 1.66 bits per heavy atom. The van der Waals surface area contributed by atoms with Gasteiger partial charge < -0.3 is 19.7 Å². The standard InChI is InChI=1S/C23H25N3O3/c1-4-26(16-17-9-6-5-7-10-17)21-14-13-18(15-24-21)25-23(27)22-19(28-2)11-8-12-20(22)29-3/h5-15H,4,16H2,1-3H3,(H,25,27). The molecule has 6 nitrogen and oxygen atoms in total. The number of hydrogen-bond donors (Lipinski definition) is 1. The van der Waals surface area contributed by atoms with Gasteiger partial charge in [-0.2, -0.15) is 0 Å². The van der Waals surface area contributed by atoms with Gasteiger partial charge in [0.2, 0.25) is 0 Å². The van der Waals surface area contributed by atoms with Crippen LogP contribution in [0.3, 0.4) is 0 Å². The van der Waals surface area contributed by atoms with Crippen molar-refractivity contribution in [1.82, 2.24) is 4.98 Å². The monoisotopic (exact) mass is 391 g/mol. The van der Waals surface area contributed by atoms with Gasteiger partial charge in [0, 0.05) is 13.1 Å². The highest BCUT2D eigenvalue weighted by molar-refractivity contribution is 6.08. The highest BCUT2D eigenvalue weighted by Crippen LogP contribution is 2.29. The van der Waals surface area contributed by atoms with Gasteiger partial charge in [0.05, 0.1) is 26.1 Å². The lowest BCUT2D eigenvalue weighted by Crippen LogP contribution is -2.23. The molecule has 0 spiro atoms. The lowest BCUT2D eigenvalue weighted by Gasteiger charge is -2.22. The van der Waals surface area contributed by atoms with E-state index < -0.39 is 0 Å². The van der Waals surface area contributed by atoms with Crippen molar-refractivity contribution >= 4 is 17.4 Å². The number of amides is 1. The molecule has 1 amide bonds. The molecule has 0 radical (unpaired) electrons. The minimum absolute atomic E-state index is 0.314. The molecule has 0 atom stereocenters. The van der Waals surface area contributed by atoms with Gasteiger partial charge in [0.1, 0.15) is 22.9 Å². The number of aromatic nitrogens is 1. The fraction of sp³-hybridized carbons (Fsp3) is 0.217. The number of methoxy groups -OCH3 is 2. The van der Waals surface area contributed by atoms with Crippen LogP contribution in [0.4, 0.5) is 11.5 Å². The van der Waals surface area contributed by atoms with E-state index in [0.29, 0.717) is 22.7 Å². The predicted octanol–water partition coefficient (Wildman–Crippen LogP) is 4.38. The molecule has 0 saturated carbocycles. The zero-order valence-electron chi connectivity index (χ0n) is 16.9. The molecule has 0 aliphatic rings. The van der Waals surface area contributed by atoms with Crippen molar-refractivity contribution in [2.45, 2.75) is 13.5 Å². The summed E-state index contributed by atoms with van der Waals surface area (Å²) in [5.74, 6) is 1.44. The molecule has 150 valence electrons. The fourth-order valence-electron chi connectivity index (χ4n) is 3.07. The molecule has 0 fully saturated rings. The van der Waals surface area contributed by atoms with Crippen LogP contribution in [0.25, 0.3) is 0 Å². The Bertz CT molecular complexity index is 921. The molecular weight excluding hydrogens is 366 g/mol. The Morgan fingerprint density at radius 3 is 2.21 bits per heavy atom. The van der Waals surface area contributed by atoms with Crippen molar-refractivity contribution in [3.63, 3.8) is 0 Å². The molecule has 1 N–H and O–H groups in total. The molecule has 0 aliphatic carbocycles. The number of carbonyl (C=O) groups excluding carboxylic acids is 1. The van der Waals surface area contributed by atoms with Crippen molar-refractivity contribution in [1.29, 1.82) is 0 Å². The molecule has 0 aliphatic heterocycles. The van der Waals surface area contributed by atoms with Gasteiger partial charge in [-0.3, -0.25) is 4.79 Å². The maximum atomic E-state index is 12.8. The van der Waals surface area contributed by atoms with Crippen LogP contribution in [-0.4, -0.2) is 31.7 Å². The van der Waals surface area contributed by atoms with E-state index >= 15 is 0 Å². The van der Waals surface area contributed by atoms with E-state index in [1.807, 2.05) is 30.3 Å². The maximum Gasteiger partial charge on any atom is 0.263 e. The normalized spacial score (nSPS) is 10.3. The van der Waals surface area contributed by atoms with Crippen molar-refractivity contribution in [2.24, 2.45) is 0 Å². The predicted molar refractivity (Wildman–Crippen MR) is 115 cm³/mol. The number of pyridine rings is 1. The van der Waals surface area contributed by atoms with Crippen LogP contribution in [0, 0.1) is 0 Å². The van der Waals surface area contributed by atoms with E-state index in [1.165, 1.54) is 19.8 Å². The maximum absolute atomic E-state index is 12.8. The van der Waals surface area contributed by atoms with Gasteiger partial charge in [-0.1, -0.05) is 36.4 Å². The van der Waals surface area contributed by atoms with E-state index in [1.54, 1.807) is 24.4 Å². The lowest BCUT2D eigenvalue weighted by atomic mass is 10.1. The Balaban J connectivity index is 1.74. The first-order valence-corrected chi connectivity index (χ1v) is 9.43. The molecule has 0 unspecified atom stereocenters. The van der Waals surface area contributed by atoms with E-state index in [2.05, 4.69) is 34.3 Å². The largest absolute Gasteiger partial charge is 0.496 e. The lowest BCUT2D eigenvalue weighted by molar-refractivity contribution is 0.102. The van der Waals surface area contributed by atoms with Crippen LogP contribution in [-0.2, 0) is 6.54 Å². The van der Waals surface area contributed by atoms with Gasteiger partial charge in [0.25, 0.3) is 5.91 Å². The van der Waals surface area contributed by atoms with E-state index in [0.717, 1.165) is 18.9 Å². The first kappa shape index (κ1) is 20.2. The second-order valence-corrected chi connectivity index (χ2v) is 6.40. The summed E-state index contributed by atoms with van der Waals surface area (Å²) < 4.78 is 10.6. The first-order valence-electron chi connectivity index (χ1n) is 9.43. The van der Waals surface area contributed by atoms with Crippen LogP contribution in [0.2, 0.25) is 0 Å². The van der Waals surface area contributed by atoms with Crippen molar-refractivity contribution in [3.05, 3.63) is 78.0 Å². The van der Waals surface area contributed by atoms with Gasteiger partial charge in [-0.15, -0.1) is 0 Å². The van der Waals surface area contributed by atoms with Crippen LogP contribution < -0.4 is 19.7 Å². The number of nitrogens with one attached hydrogen (secondary N) is 1. The third-order valence-electron chi connectivity index (χ3n) is 4.58. The highest BCUT2D eigenvalue weighted by atomic mass is 16.5. The zero-order valence-corrected chi connectivity index (χ0v) is 16.9. The third kappa shape index (κ3) is 4.85. The number of benzene rings is 2. The Kier molecular flexibility index (Phi) is 6.68. The van der Waals surface area contributed by atoms with Gasteiger partial charge in [-0.25, -0.2) is 4.98 Å². The van der Waals surface area contributed by atoms with Crippen molar-refractivity contribution in [3.8, 4) is 11.5 Å². The van der Waals surface area contributed by atoms with E-state index in [9.17, 15) is 4.79 Å². The smallest absolute Gasteiger partial charge is 0.263 e. The summed E-state index contributed by atoms with van der Waals surface area (Å²) in [6.45, 7) is 3.69. The third-order valence-corrected chi connectivity index (χ3v) is 4.58. The fourth-order valence-corrected chi connectivity index (χ4v) is 3.07. The molecule has 0 saturated heterocycles. The molecule has 3 rings (SSSR count). The first-order chi connectivity index (χ1) is 14.2. The summed E-state index contributed by atoms with van der Waals surface area (Å²) in [6.07, 6.45) is 1.66. The van der Waals surface area contributed by atoms with Crippen molar-refractivity contribution < 1.29 is 14.3 Å². The average Bonchev–Trinajstić information content (AvgIpc) is 2.78. The van der Waals surface area contributed by atoms with Crippen LogP contribution in [0.1, 0.15) is 22.8 Å². The molecule has 6 heteroatoms. The highest BCUT2D eigenvalue weighted by Gasteiger charge is 2.18. The summed E-state index contributed by atoms with van der Waals surface area (Å²) in [6, 6.07) is 19.2. The van der Waals surface area contributed by atoms with Gasteiger partial charge in [0.15, 0.2) is 0 Å². The number of anilines is 2. The number of carbonyl (C=O) groups is 1. The van der Waals surface area contributed by atoms with E-state index in [4.69, 9.17) is 9.47 Å². The van der Waals surface area contributed by atoms with Crippen LogP contribution in [0.15, 0.2) is 66.9 Å². The minimum Gasteiger partial charge on any atom is -0.496 e. The summed E-state index contributed by atoms with van der Waals surface area (Å²) in [5, 5.41) is 2.86. The van der Waals surface area contributed by atoms with Gasteiger partial charge >= 0.3 is 0 Å². The number of ether oxygens (including phenoxy) is 2. The minimum atomic E-state index is -0.314. The molecule has 29 heavy (non-hydrogen) atoms. The van der Waals surface area contributed by atoms with Crippen LogP contribution >= 0.6 is 0 Å². The summed E-state index contributed by atoms with van der Waals surface area (Å²) >= 11 is 0. The van der Waals surface area contributed by atoms with E-state index in [-0.39, 0.29) is 5.91 Å². The van der Waals surface area contributed by atoms with Crippen molar-refractivity contribution in [2.75, 3.05) is 31.0 Å². The molecular formula is C23H25N3O3. The topological polar surface area (TPSA) is 63.7 Å².